The Morgan fingerprint density at radius 1 is 1.16 bits per heavy atom. The van der Waals surface area contributed by atoms with Gasteiger partial charge >= 0.3 is 11.9 Å². The molecule has 2 fully saturated rings. The van der Waals surface area contributed by atoms with Gasteiger partial charge in [0.05, 0.1) is 30.7 Å². The Hall–Kier alpha value is -2.71. The van der Waals surface area contributed by atoms with Gasteiger partial charge < -0.3 is 19.9 Å². The van der Waals surface area contributed by atoms with Gasteiger partial charge in [0.2, 0.25) is 5.91 Å². The molecule has 8 heteroatoms. The molecule has 2 aliphatic rings. The van der Waals surface area contributed by atoms with Gasteiger partial charge in [-0.05, 0) is 44.2 Å². The van der Waals surface area contributed by atoms with E-state index in [9.17, 15) is 19.5 Å². The van der Waals surface area contributed by atoms with E-state index in [2.05, 4.69) is 5.32 Å². The summed E-state index contributed by atoms with van der Waals surface area (Å²) in [5.74, 6) is -3.61. The summed E-state index contributed by atoms with van der Waals surface area (Å²) in [4.78, 5) is 37.9. The molecule has 170 valence electrons. The molecule has 1 amide bonds. The summed E-state index contributed by atoms with van der Waals surface area (Å²) >= 11 is 1.24. The summed E-state index contributed by atoms with van der Waals surface area (Å²) in [6.45, 7) is 6.16. The van der Waals surface area contributed by atoms with Gasteiger partial charge in [0.25, 0.3) is 0 Å². The van der Waals surface area contributed by atoms with Crippen LogP contribution in [0, 0.1) is 25.7 Å². The lowest BCUT2D eigenvalue weighted by Crippen LogP contribution is -2.41. The number of carboxylic acids is 1. The number of ether oxygens (including phenoxy) is 2. The summed E-state index contributed by atoms with van der Waals surface area (Å²) in [5.41, 5.74) is 4.02. The van der Waals surface area contributed by atoms with Crippen LogP contribution in [-0.4, -0.2) is 41.8 Å². The Labute approximate surface area is 190 Å². The number of carbonyl (C=O) groups excluding carboxylic acids is 2. The number of carbonyl (C=O) groups is 3. The predicted molar refractivity (Wildman–Crippen MR) is 121 cm³/mol. The molecule has 3 heterocycles. The molecule has 2 aliphatic heterocycles. The van der Waals surface area contributed by atoms with E-state index in [0.29, 0.717) is 35.4 Å². The molecular weight excluding hydrogens is 430 g/mol. The third kappa shape index (κ3) is 4.04. The van der Waals surface area contributed by atoms with Crippen molar-refractivity contribution in [2.75, 3.05) is 11.9 Å². The van der Waals surface area contributed by atoms with Gasteiger partial charge in [0, 0.05) is 10.9 Å². The Morgan fingerprint density at radius 3 is 2.53 bits per heavy atom. The Balaban J connectivity index is 1.68. The van der Waals surface area contributed by atoms with Crippen molar-refractivity contribution in [2.24, 2.45) is 11.8 Å². The van der Waals surface area contributed by atoms with E-state index in [0.717, 1.165) is 16.7 Å². The maximum atomic E-state index is 13.2. The standard InChI is InChI=1S/C24H27NO6S/c1-4-9-30-24(29)18-15(14-6-5-12(2)10-13(14)3)11-32-22(18)25-21(26)19-16-7-8-17(31-16)20(19)23(27)28/h5-6,10-11,16-17,19-20H,4,7-9H2,1-3H3,(H,25,26)(H,27,28)/t16-,17-,19-,20-/m0/s1. The number of hydrogen-bond acceptors (Lipinski definition) is 6. The highest BCUT2D eigenvalue weighted by atomic mass is 32.1. The van der Waals surface area contributed by atoms with E-state index in [1.165, 1.54) is 11.3 Å². The lowest BCUT2D eigenvalue weighted by Gasteiger charge is -2.23. The Kier molecular flexibility index (Phi) is 6.35. The predicted octanol–water partition coefficient (Wildman–Crippen LogP) is 4.42. The summed E-state index contributed by atoms with van der Waals surface area (Å²) in [5, 5.41) is 14.7. The SMILES string of the molecule is CCCOC(=O)c1c(-c2ccc(C)cc2C)csc1NC(=O)[C@@H]1[C@@H](C(=O)O)[C@@H]2CC[C@@H]1O2. The van der Waals surface area contributed by atoms with Crippen LogP contribution >= 0.6 is 11.3 Å². The fraction of sp³-hybridized carbons (Fsp3) is 0.458. The number of carboxylic acid groups (broad SMARTS) is 1. The smallest absolute Gasteiger partial charge is 0.341 e. The van der Waals surface area contributed by atoms with Crippen molar-refractivity contribution in [3.63, 3.8) is 0 Å². The zero-order valence-electron chi connectivity index (χ0n) is 18.3. The van der Waals surface area contributed by atoms with Gasteiger partial charge in [-0.15, -0.1) is 11.3 Å². The highest BCUT2D eigenvalue weighted by Gasteiger charge is 2.55. The molecule has 4 atom stereocenters. The van der Waals surface area contributed by atoms with Crippen molar-refractivity contribution < 1.29 is 29.0 Å². The minimum absolute atomic E-state index is 0.274. The van der Waals surface area contributed by atoms with Crippen LogP contribution in [0.1, 0.15) is 47.7 Å². The van der Waals surface area contributed by atoms with Gasteiger partial charge in [-0.25, -0.2) is 4.79 Å². The number of esters is 1. The Morgan fingerprint density at radius 2 is 1.88 bits per heavy atom. The monoisotopic (exact) mass is 457 g/mol. The van der Waals surface area contributed by atoms with E-state index < -0.39 is 41.9 Å². The molecule has 0 radical (unpaired) electrons. The van der Waals surface area contributed by atoms with Gasteiger partial charge in [-0.3, -0.25) is 9.59 Å². The number of hydrogen-bond donors (Lipinski definition) is 2. The normalized spacial score (nSPS) is 23.8. The maximum Gasteiger partial charge on any atom is 0.341 e. The second-order valence-electron chi connectivity index (χ2n) is 8.48. The van der Waals surface area contributed by atoms with Crippen LogP contribution in [-0.2, 0) is 19.1 Å². The van der Waals surface area contributed by atoms with Crippen LogP contribution < -0.4 is 5.32 Å². The lowest BCUT2D eigenvalue weighted by atomic mass is 9.78. The summed E-state index contributed by atoms with van der Waals surface area (Å²) in [6, 6.07) is 5.97. The number of nitrogens with one attached hydrogen (secondary N) is 1. The average Bonchev–Trinajstić information content (AvgIpc) is 3.46. The number of rotatable bonds is 7. The van der Waals surface area contributed by atoms with Crippen LogP contribution in [0.2, 0.25) is 0 Å². The highest BCUT2D eigenvalue weighted by molar-refractivity contribution is 7.15. The number of aliphatic carboxylic acids is 1. The number of anilines is 1. The molecule has 0 aliphatic carbocycles. The molecule has 2 saturated heterocycles. The van der Waals surface area contributed by atoms with E-state index in [4.69, 9.17) is 9.47 Å². The minimum Gasteiger partial charge on any atom is -0.481 e. The van der Waals surface area contributed by atoms with Crippen molar-refractivity contribution in [1.29, 1.82) is 0 Å². The molecule has 0 saturated carbocycles. The average molecular weight is 458 g/mol. The highest BCUT2D eigenvalue weighted by Crippen LogP contribution is 2.45. The first-order chi connectivity index (χ1) is 15.3. The van der Waals surface area contributed by atoms with Crippen molar-refractivity contribution in [3.8, 4) is 11.1 Å². The second-order valence-corrected chi connectivity index (χ2v) is 9.36. The van der Waals surface area contributed by atoms with E-state index in [-0.39, 0.29) is 6.61 Å². The molecule has 0 spiro atoms. The number of fused-ring (bicyclic) bond motifs is 2. The van der Waals surface area contributed by atoms with Crippen molar-refractivity contribution in [1.82, 2.24) is 0 Å². The fourth-order valence-corrected chi connectivity index (χ4v) is 5.70. The van der Waals surface area contributed by atoms with Crippen molar-refractivity contribution >= 4 is 34.2 Å². The van der Waals surface area contributed by atoms with E-state index in [1.807, 2.05) is 44.4 Å². The number of aryl methyl sites for hydroxylation is 2. The lowest BCUT2D eigenvalue weighted by molar-refractivity contribution is -0.147. The second kappa shape index (κ2) is 9.03. The number of benzene rings is 1. The molecule has 32 heavy (non-hydrogen) atoms. The molecule has 7 nitrogen and oxygen atoms in total. The number of thiophene rings is 1. The van der Waals surface area contributed by atoms with Gasteiger partial charge in [-0.1, -0.05) is 30.7 Å². The van der Waals surface area contributed by atoms with Crippen LogP contribution in [0.4, 0.5) is 5.00 Å². The quantitative estimate of drug-likeness (QED) is 0.597. The van der Waals surface area contributed by atoms with Crippen LogP contribution in [0.5, 0.6) is 0 Å². The first kappa shape index (κ1) is 22.5. The summed E-state index contributed by atoms with van der Waals surface area (Å²) in [7, 11) is 0. The molecule has 1 aromatic carbocycles. The first-order valence-electron chi connectivity index (χ1n) is 10.9. The van der Waals surface area contributed by atoms with Gasteiger partial charge in [0.15, 0.2) is 0 Å². The third-order valence-electron chi connectivity index (χ3n) is 6.20. The molecule has 4 rings (SSSR count). The third-order valence-corrected chi connectivity index (χ3v) is 7.10. The van der Waals surface area contributed by atoms with Crippen molar-refractivity contribution in [2.45, 2.75) is 52.2 Å². The largest absolute Gasteiger partial charge is 0.481 e. The Bertz CT molecular complexity index is 1060. The van der Waals surface area contributed by atoms with Crippen LogP contribution in [0.3, 0.4) is 0 Å². The fourth-order valence-electron chi connectivity index (χ4n) is 4.75. The topological polar surface area (TPSA) is 102 Å². The molecule has 0 unspecified atom stereocenters. The molecule has 2 aromatic rings. The van der Waals surface area contributed by atoms with Gasteiger partial charge in [-0.2, -0.15) is 0 Å². The van der Waals surface area contributed by atoms with Crippen LogP contribution in [0.25, 0.3) is 11.1 Å². The first-order valence-corrected chi connectivity index (χ1v) is 11.7. The molecule has 1 aromatic heterocycles. The molecule has 2 N–H and O–H groups in total. The zero-order valence-corrected chi connectivity index (χ0v) is 19.2. The summed E-state index contributed by atoms with van der Waals surface area (Å²) < 4.78 is 11.1. The molecule has 2 bridgehead atoms. The van der Waals surface area contributed by atoms with Gasteiger partial charge in [0.1, 0.15) is 10.6 Å². The number of amides is 1. The van der Waals surface area contributed by atoms with Crippen LogP contribution in [0.15, 0.2) is 23.6 Å². The minimum atomic E-state index is -1.03. The van der Waals surface area contributed by atoms with Crippen molar-refractivity contribution in [3.05, 3.63) is 40.3 Å². The van der Waals surface area contributed by atoms with E-state index >= 15 is 0 Å². The van der Waals surface area contributed by atoms with E-state index in [1.54, 1.807) is 0 Å². The maximum absolute atomic E-state index is 13.2. The molecular formula is C24H27NO6S. The summed E-state index contributed by atoms with van der Waals surface area (Å²) in [6.07, 6.45) is 1.15. The zero-order chi connectivity index (χ0) is 23.0.